The van der Waals surface area contributed by atoms with Gasteiger partial charge in [0.1, 0.15) is 17.7 Å². The van der Waals surface area contributed by atoms with E-state index < -0.39 is 17.9 Å². The van der Waals surface area contributed by atoms with Crippen LogP contribution < -0.4 is 0 Å². The van der Waals surface area contributed by atoms with E-state index in [0.717, 1.165) is 5.69 Å². The van der Waals surface area contributed by atoms with Gasteiger partial charge in [-0.05, 0) is 54.1 Å². The Labute approximate surface area is 189 Å². The van der Waals surface area contributed by atoms with Crippen molar-refractivity contribution in [1.82, 2.24) is 14.5 Å². The Bertz CT molecular complexity index is 1250. The first kappa shape index (κ1) is 22.3. The molecule has 2 aromatic carbocycles. The maximum Gasteiger partial charge on any atom is 0.337 e. The third-order valence-corrected chi connectivity index (χ3v) is 5.27. The number of carboxylic acid groups (broad SMARTS) is 1. The highest BCUT2D eigenvalue weighted by molar-refractivity contribution is 5.94. The number of aromatic nitrogens is 3. The first-order valence-corrected chi connectivity index (χ1v) is 10.2. The van der Waals surface area contributed by atoms with Crippen LogP contribution in [0.5, 0.6) is 0 Å². The molecular weight excluding hydrogens is 428 g/mol. The highest BCUT2D eigenvalue weighted by atomic mass is 19.1. The molecule has 4 rings (SSSR count). The van der Waals surface area contributed by atoms with Crippen LogP contribution in [0, 0.1) is 11.6 Å². The van der Waals surface area contributed by atoms with Crippen molar-refractivity contribution in [3.8, 4) is 11.3 Å². The highest BCUT2D eigenvalue weighted by Gasteiger charge is 2.21. The molecule has 0 saturated heterocycles. The van der Waals surface area contributed by atoms with E-state index >= 15 is 0 Å². The number of imidazole rings is 1. The maximum absolute atomic E-state index is 13.5. The molecule has 0 amide bonds. The van der Waals surface area contributed by atoms with Crippen molar-refractivity contribution in [3.05, 3.63) is 107 Å². The molecule has 1 atom stereocenters. The van der Waals surface area contributed by atoms with Gasteiger partial charge < -0.3 is 14.4 Å². The van der Waals surface area contributed by atoms with Crippen LogP contribution in [0.15, 0.2) is 73.2 Å². The predicted octanol–water partition coefficient (Wildman–Crippen LogP) is 4.81. The second-order valence-corrected chi connectivity index (χ2v) is 7.49. The Morgan fingerprint density at radius 1 is 1.03 bits per heavy atom. The Morgan fingerprint density at radius 3 is 2.30 bits per heavy atom. The molecule has 0 saturated carbocycles. The van der Waals surface area contributed by atoms with Gasteiger partial charge in [0.2, 0.25) is 0 Å². The van der Waals surface area contributed by atoms with E-state index in [-0.39, 0.29) is 17.1 Å². The van der Waals surface area contributed by atoms with Gasteiger partial charge in [-0.3, -0.25) is 0 Å². The molecule has 0 bridgehead atoms. The molecule has 0 radical (unpaired) electrons. The lowest BCUT2D eigenvalue weighted by Gasteiger charge is -2.20. The molecule has 168 valence electrons. The van der Waals surface area contributed by atoms with Crippen molar-refractivity contribution in [2.24, 2.45) is 7.05 Å². The molecule has 1 N–H and O–H groups in total. The molecule has 6 nitrogen and oxygen atoms in total. The molecule has 0 fully saturated rings. The van der Waals surface area contributed by atoms with E-state index in [4.69, 9.17) is 4.74 Å². The SMILES string of the molecule is Cn1cncc1CCOC(c1ccc(F)cc1)c1ccc(C(=O)O)c(-c2ccc(F)cc2)n1. The van der Waals surface area contributed by atoms with Crippen molar-refractivity contribution in [3.63, 3.8) is 0 Å². The van der Waals surface area contributed by atoms with Crippen molar-refractivity contribution in [1.29, 1.82) is 0 Å². The van der Waals surface area contributed by atoms with Gasteiger partial charge in [0.25, 0.3) is 0 Å². The molecule has 2 aromatic heterocycles. The molecule has 2 heterocycles. The number of aromatic carboxylic acids is 1. The predicted molar refractivity (Wildman–Crippen MR) is 118 cm³/mol. The average molecular weight is 449 g/mol. The Morgan fingerprint density at radius 2 is 1.70 bits per heavy atom. The summed E-state index contributed by atoms with van der Waals surface area (Å²) in [6.45, 7) is 0.329. The minimum atomic E-state index is -1.15. The zero-order valence-electron chi connectivity index (χ0n) is 17.8. The lowest BCUT2D eigenvalue weighted by molar-refractivity contribution is 0.0694. The number of carbonyl (C=O) groups is 1. The summed E-state index contributed by atoms with van der Waals surface area (Å²) in [6.07, 6.45) is 3.38. The molecule has 33 heavy (non-hydrogen) atoms. The average Bonchev–Trinajstić information content (AvgIpc) is 3.22. The van der Waals surface area contributed by atoms with E-state index in [1.54, 1.807) is 30.7 Å². The van der Waals surface area contributed by atoms with Crippen LogP contribution in [0.4, 0.5) is 8.78 Å². The Kier molecular flexibility index (Phi) is 6.55. The number of rotatable bonds is 8. The number of aryl methyl sites for hydroxylation is 1. The molecule has 4 aromatic rings. The van der Waals surface area contributed by atoms with Crippen LogP contribution in [-0.2, 0) is 18.2 Å². The molecular formula is C25H21F2N3O3. The smallest absolute Gasteiger partial charge is 0.337 e. The Balaban J connectivity index is 1.71. The zero-order chi connectivity index (χ0) is 23.4. The van der Waals surface area contributed by atoms with Crippen LogP contribution >= 0.6 is 0 Å². The van der Waals surface area contributed by atoms with E-state index in [9.17, 15) is 18.7 Å². The van der Waals surface area contributed by atoms with Crippen LogP contribution in [-0.4, -0.2) is 32.2 Å². The van der Waals surface area contributed by atoms with E-state index in [0.29, 0.717) is 29.8 Å². The third-order valence-electron chi connectivity index (χ3n) is 5.27. The van der Waals surface area contributed by atoms with Crippen LogP contribution in [0.1, 0.15) is 33.4 Å². The number of halogens is 2. The molecule has 0 aliphatic carbocycles. The summed E-state index contributed by atoms with van der Waals surface area (Å²) in [6, 6.07) is 14.4. The highest BCUT2D eigenvalue weighted by Crippen LogP contribution is 2.30. The van der Waals surface area contributed by atoms with Crippen molar-refractivity contribution in [2.75, 3.05) is 6.61 Å². The number of ether oxygens (including phenoxy) is 1. The quantitative estimate of drug-likeness (QED) is 0.418. The van der Waals surface area contributed by atoms with Crippen molar-refractivity contribution >= 4 is 5.97 Å². The van der Waals surface area contributed by atoms with Crippen molar-refractivity contribution < 1.29 is 23.4 Å². The molecule has 1 unspecified atom stereocenters. The first-order valence-electron chi connectivity index (χ1n) is 10.2. The van der Waals surface area contributed by atoms with Gasteiger partial charge in [-0.15, -0.1) is 0 Å². The minimum Gasteiger partial charge on any atom is -0.478 e. The second-order valence-electron chi connectivity index (χ2n) is 7.49. The topological polar surface area (TPSA) is 77.2 Å². The van der Waals surface area contributed by atoms with Gasteiger partial charge in [0.15, 0.2) is 0 Å². The number of carboxylic acids is 1. The number of hydrogen-bond donors (Lipinski definition) is 1. The Hall–Kier alpha value is -3.91. The fourth-order valence-corrected chi connectivity index (χ4v) is 3.52. The van der Waals surface area contributed by atoms with Crippen molar-refractivity contribution in [2.45, 2.75) is 12.5 Å². The lowest BCUT2D eigenvalue weighted by atomic mass is 10.0. The monoisotopic (exact) mass is 449 g/mol. The fourth-order valence-electron chi connectivity index (χ4n) is 3.52. The van der Waals surface area contributed by atoms with Crippen LogP contribution in [0.3, 0.4) is 0 Å². The van der Waals surface area contributed by atoms with E-state index in [2.05, 4.69) is 9.97 Å². The number of hydrogen-bond acceptors (Lipinski definition) is 4. The van der Waals surface area contributed by atoms with Gasteiger partial charge in [-0.1, -0.05) is 12.1 Å². The second kappa shape index (κ2) is 9.70. The summed E-state index contributed by atoms with van der Waals surface area (Å²) >= 11 is 0. The van der Waals surface area contributed by atoms with Gasteiger partial charge in [0, 0.05) is 30.9 Å². The summed E-state index contributed by atoms with van der Waals surface area (Å²) in [4.78, 5) is 20.5. The standard InChI is InChI=1S/C25H21F2N3O3/c1-30-15-28-14-20(30)12-13-33-24(17-4-8-19(27)9-5-17)22-11-10-21(25(31)32)23(29-22)16-2-6-18(26)7-3-16/h2-11,14-15,24H,12-13H2,1H3,(H,31,32). The number of nitrogens with zero attached hydrogens (tertiary/aromatic N) is 3. The lowest BCUT2D eigenvalue weighted by Crippen LogP contribution is -2.13. The van der Waals surface area contributed by atoms with Gasteiger partial charge in [-0.2, -0.15) is 0 Å². The summed E-state index contributed by atoms with van der Waals surface area (Å²) < 4.78 is 35.0. The first-order chi connectivity index (χ1) is 15.9. The number of pyridine rings is 1. The maximum atomic E-state index is 13.5. The van der Waals surface area contributed by atoms with Crippen LogP contribution in [0.25, 0.3) is 11.3 Å². The number of benzene rings is 2. The van der Waals surface area contributed by atoms with Gasteiger partial charge in [-0.25, -0.2) is 23.5 Å². The van der Waals surface area contributed by atoms with Crippen LogP contribution in [0.2, 0.25) is 0 Å². The fraction of sp³-hybridized carbons (Fsp3) is 0.160. The summed E-state index contributed by atoms with van der Waals surface area (Å²) in [7, 11) is 1.89. The third kappa shape index (κ3) is 5.12. The van der Waals surface area contributed by atoms with E-state index in [1.807, 2.05) is 11.6 Å². The summed E-state index contributed by atoms with van der Waals surface area (Å²) in [5, 5.41) is 9.64. The van der Waals surface area contributed by atoms with E-state index in [1.165, 1.54) is 42.5 Å². The largest absolute Gasteiger partial charge is 0.478 e. The molecule has 8 heteroatoms. The molecule has 0 aliphatic heterocycles. The molecule has 0 spiro atoms. The summed E-state index contributed by atoms with van der Waals surface area (Å²) in [5.74, 6) is -1.97. The summed E-state index contributed by atoms with van der Waals surface area (Å²) in [5.41, 5.74) is 2.75. The van der Waals surface area contributed by atoms with Gasteiger partial charge in [0.05, 0.1) is 29.9 Å². The zero-order valence-corrected chi connectivity index (χ0v) is 17.8. The van der Waals surface area contributed by atoms with Gasteiger partial charge >= 0.3 is 5.97 Å². The minimum absolute atomic E-state index is 0.0156. The normalized spacial score (nSPS) is 12.0. The molecule has 0 aliphatic rings.